The number of carbonyl (C=O) groups is 2. The van der Waals surface area contributed by atoms with E-state index in [4.69, 9.17) is 5.11 Å². The van der Waals surface area contributed by atoms with Gasteiger partial charge in [0.2, 0.25) is 5.91 Å². The minimum Gasteiger partial charge on any atom is -0.480 e. The molecule has 0 radical (unpaired) electrons. The Morgan fingerprint density at radius 1 is 1.20 bits per heavy atom. The lowest BCUT2D eigenvalue weighted by molar-refractivity contribution is -0.146. The third-order valence-corrected chi connectivity index (χ3v) is 3.60. The maximum atomic E-state index is 12.3. The molecule has 1 aromatic carbocycles. The van der Waals surface area contributed by atoms with Crippen LogP contribution in [0.2, 0.25) is 0 Å². The van der Waals surface area contributed by atoms with Gasteiger partial charge in [-0.2, -0.15) is 0 Å². The number of aliphatic carboxylic acids is 1. The summed E-state index contributed by atoms with van der Waals surface area (Å²) in [6.45, 7) is 5.60. The molecule has 1 amide bonds. The summed E-state index contributed by atoms with van der Waals surface area (Å²) in [5.41, 5.74) is 1.10. The summed E-state index contributed by atoms with van der Waals surface area (Å²) in [5.74, 6) is -0.979. The van der Waals surface area contributed by atoms with Crippen molar-refractivity contribution in [3.8, 4) is 0 Å². The lowest BCUT2D eigenvalue weighted by Crippen LogP contribution is -2.42. The molecule has 0 aliphatic rings. The maximum Gasteiger partial charge on any atom is 0.323 e. The predicted octanol–water partition coefficient (Wildman–Crippen LogP) is 2.89. The first kappa shape index (κ1) is 16.2. The summed E-state index contributed by atoms with van der Waals surface area (Å²) in [7, 11) is 0. The smallest absolute Gasteiger partial charge is 0.323 e. The highest BCUT2D eigenvalue weighted by Gasteiger charge is 2.23. The van der Waals surface area contributed by atoms with E-state index < -0.39 is 5.97 Å². The summed E-state index contributed by atoms with van der Waals surface area (Å²) >= 11 is 0. The summed E-state index contributed by atoms with van der Waals surface area (Å²) in [6, 6.07) is 9.75. The number of benzene rings is 1. The highest BCUT2D eigenvalue weighted by atomic mass is 16.4. The SMILES string of the molecule is CCC(C)N(CC(=O)O)C(=O)CC(C)c1ccccc1. The van der Waals surface area contributed by atoms with E-state index in [0.29, 0.717) is 6.42 Å². The van der Waals surface area contributed by atoms with E-state index in [1.54, 1.807) is 0 Å². The number of hydrogen-bond donors (Lipinski definition) is 1. The molecule has 0 aromatic heterocycles. The van der Waals surface area contributed by atoms with Gasteiger partial charge in [0.05, 0.1) is 0 Å². The van der Waals surface area contributed by atoms with Gasteiger partial charge in [-0.1, -0.05) is 44.2 Å². The fourth-order valence-electron chi connectivity index (χ4n) is 2.13. The molecule has 0 spiro atoms. The normalized spacial score (nSPS) is 13.6. The molecule has 0 fully saturated rings. The first-order chi connectivity index (χ1) is 9.45. The van der Waals surface area contributed by atoms with E-state index in [1.807, 2.05) is 51.1 Å². The fourth-order valence-corrected chi connectivity index (χ4v) is 2.13. The van der Waals surface area contributed by atoms with Crippen LogP contribution in [0, 0.1) is 0 Å². The molecule has 110 valence electrons. The van der Waals surface area contributed by atoms with Gasteiger partial charge < -0.3 is 10.0 Å². The number of carboxylic acid groups (broad SMARTS) is 1. The van der Waals surface area contributed by atoms with Crippen LogP contribution in [0.25, 0.3) is 0 Å². The van der Waals surface area contributed by atoms with E-state index in [1.165, 1.54) is 4.90 Å². The van der Waals surface area contributed by atoms with Gasteiger partial charge >= 0.3 is 5.97 Å². The lowest BCUT2D eigenvalue weighted by Gasteiger charge is -2.28. The van der Waals surface area contributed by atoms with Crippen molar-refractivity contribution in [1.29, 1.82) is 0 Å². The third-order valence-electron chi connectivity index (χ3n) is 3.60. The summed E-state index contributed by atoms with van der Waals surface area (Å²) < 4.78 is 0. The average molecular weight is 277 g/mol. The zero-order valence-electron chi connectivity index (χ0n) is 12.4. The molecular weight excluding hydrogens is 254 g/mol. The van der Waals surface area contributed by atoms with Crippen LogP contribution < -0.4 is 0 Å². The summed E-state index contributed by atoms with van der Waals surface area (Å²) in [5, 5.41) is 8.93. The van der Waals surface area contributed by atoms with E-state index in [2.05, 4.69) is 0 Å². The van der Waals surface area contributed by atoms with Gasteiger partial charge in [-0.15, -0.1) is 0 Å². The monoisotopic (exact) mass is 277 g/mol. The highest BCUT2D eigenvalue weighted by molar-refractivity contribution is 5.82. The minimum absolute atomic E-state index is 0.0541. The molecule has 0 heterocycles. The molecule has 4 nitrogen and oxygen atoms in total. The van der Waals surface area contributed by atoms with Crippen LogP contribution in [-0.2, 0) is 9.59 Å². The number of nitrogens with zero attached hydrogens (tertiary/aromatic N) is 1. The van der Waals surface area contributed by atoms with Crippen LogP contribution in [0.4, 0.5) is 0 Å². The van der Waals surface area contributed by atoms with Crippen LogP contribution >= 0.6 is 0 Å². The molecule has 4 heteroatoms. The topological polar surface area (TPSA) is 57.6 Å². The van der Waals surface area contributed by atoms with Crippen molar-refractivity contribution >= 4 is 11.9 Å². The Labute approximate surface area is 120 Å². The second kappa shape index (κ2) is 7.68. The van der Waals surface area contributed by atoms with E-state index in [9.17, 15) is 9.59 Å². The van der Waals surface area contributed by atoms with Gasteiger partial charge in [0, 0.05) is 12.5 Å². The van der Waals surface area contributed by atoms with Crippen LogP contribution in [0.3, 0.4) is 0 Å². The molecule has 0 bridgehead atoms. The lowest BCUT2D eigenvalue weighted by atomic mass is 9.97. The molecule has 1 rings (SSSR count). The fraction of sp³-hybridized carbons (Fsp3) is 0.500. The van der Waals surface area contributed by atoms with Crippen LogP contribution in [-0.4, -0.2) is 34.5 Å². The number of hydrogen-bond acceptors (Lipinski definition) is 2. The largest absolute Gasteiger partial charge is 0.480 e. The molecule has 0 aliphatic heterocycles. The van der Waals surface area contributed by atoms with Crippen LogP contribution in [0.5, 0.6) is 0 Å². The number of amides is 1. The Hall–Kier alpha value is -1.84. The Morgan fingerprint density at radius 2 is 1.80 bits per heavy atom. The van der Waals surface area contributed by atoms with Crippen LogP contribution in [0.15, 0.2) is 30.3 Å². The molecular formula is C16H23NO3. The highest BCUT2D eigenvalue weighted by Crippen LogP contribution is 2.20. The quantitative estimate of drug-likeness (QED) is 0.833. The number of rotatable bonds is 7. The summed E-state index contributed by atoms with van der Waals surface area (Å²) in [6.07, 6.45) is 1.08. The zero-order valence-corrected chi connectivity index (χ0v) is 12.4. The van der Waals surface area contributed by atoms with E-state index in [-0.39, 0.29) is 24.4 Å². The first-order valence-electron chi connectivity index (χ1n) is 7.01. The Morgan fingerprint density at radius 3 is 2.30 bits per heavy atom. The molecule has 2 atom stereocenters. The Bertz CT molecular complexity index is 444. The second-order valence-electron chi connectivity index (χ2n) is 5.19. The second-order valence-corrected chi connectivity index (χ2v) is 5.19. The average Bonchev–Trinajstić information content (AvgIpc) is 2.44. The molecule has 20 heavy (non-hydrogen) atoms. The van der Waals surface area contributed by atoms with Crippen LogP contribution in [0.1, 0.15) is 45.1 Å². The molecule has 0 saturated heterocycles. The molecule has 0 saturated carbocycles. The van der Waals surface area contributed by atoms with Gasteiger partial charge in [-0.25, -0.2) is 0 Å². The number of carboxylic acids is 1. The molecule has 1 N–H and O–H groups in total. The van der Waals surface area contributed by atoms with Crippen molar-refractivity contribution in [3.63, 3.8) is 0 Å². The standard InChI is InChI=1S/C16H23NO3/c1-4-13(3)17(11-16(19)20)15(18)10-12(2)14-8-6-5-7-9-14/h5-9,12-13H,4,10-11H2,1-3H3,(H,19,20). The molecule has 1 aromatic rings. The van der Waals surface area contributed by atoms with Crippen molar-refractivity contribution in [3.05, 3.63) is 35.9 Å². The Kier molecular flexibility index (Phi) is 6.22. The maximum absolute atomic E-state index is 12.3. The summed E-state index contributed by atoms with van der Waals surface area (Å²) in [4.78, 5) is 24.7. The van der Waals surface area contributed by atoms with Gasteiger partial charge in [0.15, 0.2) is 0 Å². The van der Waals surface area contributed by atoms with Crippen molar-refractivity contribution < 1.29 is 14.7 Å². The van der Waals surface area contributed by atoms with E-state index >= 15 is 0 Å². The van der Waals surface area contributed by atoms with Crippen molar-refractivity contribution in [2.24, 2.45) is 0 Å². The van der Waals surface area contributed by atoms with Crippen molar-refractivity contribution in [1.82, 2.24) is 4.90 Å². The Balaban J connectivity index is 2.73. The predicted molar refractivity (Wildman–Crippen MR) is 78.6 cm³/mol. The third kappa shape index (κ3) is 4.68. The molecule has 2 unspecified atom stereocenters. The van der Waals surface area contributed by atoms with Gasteiger partial charge in [0.25, 0.3) is 0 Å². The molecule has 0 aliphatic carbocycles. The minimum atomic E-state index is -0.967. The van der Waals surface area contributed by atoms with Gasteiger partial charge in [-0.05, 0) is 24.8 Å². The number of carbonyl (C=O) groups excluding carboxylic acids is 1. The zero-order chi connectivity index (χ0) is 15.1. The first-order valence-corrected chi connectivity index (χ1v) is 7.01. The van der Waals surface area contributed by atoms with E-state index in [0.717, 1.165) is 12.0 Å². The van der Waals surface area contributed by atoms with Gasteiger partial charge in [-0.3, -0.25) is 9.59 Å². The van der Waals surface area contributed by atoms with Crippen molar-refractivity contribution in [2.45, 2.75) is 45.6 Å². The van der Waals surface area contributed by atoms with Gasteiger partial charge in [0.1, 0.15) is 6.54 Å². The van der Waals surface area contributed by atoms with Crippen molar-refractivity contribution in [2.75, 3.05) is 6.54 Å².